The second-order valence-corrected chi connectivity index (χ2v) is 13.0. The van der Waals surface area contributed by atoms with Crippen LogP contribution in [0, 0.1) is 19.8 Å². The molecule has 13 nitrogen and oxygen atoms in total. The van der Waals surface area contributed by atoms with Crippen LogP contribution >= 0.6 is 0 Å². The lowest BCUT2D eigenvalue weighted by atomic mass is 10.0. The van der Waals surface area contributed by atoms with Gasteiger partial charge in [-0.25, -0.2) is 4.79 Å². The molecule has 0 saturated carbocycles. The molecule has 4 atom stereocenters. The number of amides is 4. The van der Waals surface area contributed by atoms with Crippen LogP contribution in [0.4, 0.5) is 16.2 Å². The van der Waals surface area contributed by atoms with Crippen LogP contribution in [0.2, 0.25) is 0 Å². The van der Waals surface area contributed by atoms with Gasteiger partial charge < -0.3 is 44.4 Å². The number of aliphatic hydroxyl groups excluding tert-OH is 1. The number of aliphatic hydroxyl groups is 1. The SMILES string of the molecule is Cc1noc(C)c1NC(=O)Nc1ccc2c(c1)C(=O)N([C@@H](C)CO)C[C@H](C)[C@H](CN(C)C(=O)CCCN(C)C)OCCCC[C@H](C)O2. The Morgan fingerprint density at radius 1 is 1.15 bits per heavy atom. The number of likely N-dealkylation sites (N-methyl/N-ethyl adjacent to an activating group) is 1. The van der Waals surface area contributed by atoms with Crippen molar-refractivity contribution in [1.29, 1.82) is 0 Å². The zero-order valence-electron chi connectivity index (χ0n) is 29.3. The van der Waals surface area contributed by atoms with Gasteiger partial charge in [0.2, 0.25) is 5.91 Å². The lowest BCUT2D eigenvalue weighted by Gasteiger charge is -2.36. The number of anilines is 2. The maximum atomic E-state index is 14.3. The summed E-state index contributed by atoms with van der Waals surface area (Å²) in [6, 6.07) is 3.94. The maximum absolute atomic E-state index is 14.3. The number of carbonyl (C=O) groups excluding carboxylic acids is 3. The molecule has 4 amide bonds. The Bertz CT molecular complexity index is 1310. The highest BCUT2D eigenvalue weighted by atomic mass is 16.5. The quantitative estimate of drug-likeness (QED) is 0.335. The van der Waals surface area contributed by atoms with Gasteiger partial charge in [0.1, 0.15) is 17.1 Å². The third-order valence-corrected chi connectivity index (χ3v) is 8.46. The van der Waals surface area contributed by atoms with Gasteiger partial charge in [0.25, 0.3) is 5.91 Å². The molecule has 2 heterocycles. The van der Waals surface area contributed by atoms with Crippen LogP contribution in [-0.2, 0) is 9.53 Å². The van der Waals surface area contributed by atoms with Crippen LogP contribution in [0.25, 0.3) is 0 Å². The van der Waals surface area contributed by atoms with Crippen molar-refractivity contribution in [2.45, 2.75) is 85.0 Å². The lowest BCUT2D eigenvalue weighted by Crippen LogP contribution is -2.48. The molecule has 13 heteroatoms. The summed E-state index contributed by atoms with van der Waals surface area (Å²) < 4.78 is 17.8. The van der Waals surface area contributed by atoms with E-state index >= 15 is 0 Å². The van der Waals surface area contributed by atoms with Crippen LogP contribution in [0.5, 0.6) is 5.75 Å². The van der Waals surface area contributed by atoms with E-state index in [2.05, 4.69) is 20.7 Å². The molecule has 3 rings (SSSR count). The molecule has 0 spiro atoms. The average molecular weight is 659 g/mol. The average Bonchev–Trinajstić information content (AvgIpc) is 3.34. The molecule has 3 N–H and O–H groups in total. The van der Waals surface area contributed by atoms with Gasteiger partial charge in [-0.1, -0.05) is 12.1 Å². The number of ether oxygens (including phenoxy) is 2. The van der Waals surface area contributed by atoms with E-state index in [-0.39, 0.29) is 48.7 Å². The highest BCUT2D eigenvalue weighted by molar-refractivity contribution is 6.03. The largest absolute Gasteiger partial charge is 0.490 e. The van der Waals surface area contributed by atoms with Gasteiger partial charge in [0, 0.05) is 44.8 Å². The first-order valence-corrected chi connectivity index (χ1v) is 16.5. The van der Waals surface area contributed by atoms with E-state index in [1.165, 1.54) is 0 Å². The Morgan fingerprint density at radius 3 is 2.55 bits per heavy atom. The summed E-state index contributed by atoms with van der Waals surface area (Å²) in [7, 11) is 5.77. The molecule has 0 unspecified atom stereocenters. The van der Waals surface area contributed by atoms with Crippen molar-refractivity contribution >= 4 is 29.2 Å². The minimum atomic E-state index is -0.520. The summed E-state index contributed by atoms with van der Waals surface area (Å²) in [4.78, 5) is 45.6. The summed E-state index contributed by atoms with van der Waals surface area (Å²) in [5, 5.41) is 19.6. The summed E-state index contributed by atoms with van der Waals surface area (Å²) in [5.74, 6) is 0.411. The van der Waals surface area contributed by atoms with Gasteiger partial charge >= 0.3 is 6.03 Å². The summed E-state index contributed by atoms with van der Waals surface area (Å²) >= 11 is 0. The second kappa shape index (κ2) is 18.0. The van der Waals surface area contributed by atoms with Crippen molar-refractivity contribution in [1.82, 2.24) is 19.9 Å². The smallest absolute Gasteiger partial charge is 0.323 e. The molecule has 262 valence electrons. The molecule has 1 aliphatic rings. The molecule has 2 aromatic rings. The normalized spacial score (nSPS) is 20.2. The Hall–Kier alpha value is -3.68. The van der Waals surface area contributed by atoms with Crippen molar-refractivity contribution in [3.63, 3.8) is 0 Å². The van der Waals surface area contributed by atoms with Crippen molar-refractivity contribution in [3.8, 4) is 5.75 Å². The van der Waals surface area contributed by atoms with Gasteiger partial charge in [0.15, 0.2) is 5.76 Å². The molecule has 1 aromatic carbocycles. The second-order valence-electron chi connectivity index (χ2n) is 13.0. The van der Waals surface area contributed by atoms with E-state index < -0.39 is 12.1 Å². The van der Waals surface area contributed by atoms with Crippen LogP contribution in [0.3, 0.4) is 0 Å². The van der Waals surface area contributed by atoms with Crippen LogP contribution in [0.15, 0.2) is 22.7 Å². The van der Waals surface area contributed by atoms with Crippen molar-refractivity contribution in [2.24, 2.45) is 5.92 Å². The van der Waals surface area contributed by atoms with E-state index in [0.717, 1.165) is 32.2 Å². The fourth-order valence-corrected chi connectivity index (χ4v) is 5.51. The van der Waals surface area contributed by atoms with E-state index in [9.17, 15) is 19.5 Å². The predicted octanol–water partition coefficient (Wildman–Crippen LogP) is 4.53. The van der Waals surface area contributed by atoms with Gasteiger partial charge in [-0.15, -0.1) is 0 Å². The predicted molar refractivity (Wildman–Crippen MR) is 181 cm³/mol. The van der Waals surface area contributed by atoms with Crippen LogP contribution in [-0.4, -0.2) is 115 Å². The number of benzene rings is 1. The zero-order chi connectivity index (χ0) is 34.7. The first-order chi connectivity index (χ1) is 22.3. The van der Waals surface area contributed by atoms with Gasteiger partial charge in [-0.2, -0.15) is 0 Å². The van der Waals surface area contributed by atoms with Crippen molar-refractivity contribution in [3.05, 3.63) is 35.2 Å². The highest BCUT2D eigenvalue weighted by Crippen LogP contribution is 2.29. The van der Waals surface area contributed by atoms with E-state index in [0.29, 0.717) is 48.2 Å². The highest BCUT2D eigenvalue weighted by Gasteiger charge is 2.31. The number of aryl methyl sites for hydroxylation is 2. The molecule has 1 aliphatic heterocycles. The van der Waals surface area contributed by atoms with Gasteiger partial charge in [-0.05, 0) is 92.2 Å². The third kappa shape index (κ3) is 11.2. The number of fused-ring (bicyclic) bond motifs is 1. The zero-order valence-corrected chi connectivity index (χ0v) is 29.3. The maximum Gasteiger partial charge on any atom is 0.323 e. The third-order valence-electron chi connectivity index (χ3n) is 8.46. The van der Waals surface area contributed by atoms with Crippen molar-refractivity contribution < 1.29 is 33.5 Å². The molecular weight excluding hydrogens is 604 g/mol. The molecule has 47 heavy (non-hydrogen) atoms. The number of rotatable bonds is 10. The van der Waals surface area contributed by atoms with E-state index in [1.54, 1.807) is 55.8 Å². The summed E-state index contributed by atoms with van der Waals surface area (Å²) in [6.07, 6.45) is 3.14. The molecule has 1 aromatic heterocycles. The summed E-state index contributed by atoms with van der Waals surface area (Å²) in [6.45, 7) is 10.9. The lowest BCUT2D eigenvalue weighted by molar-refractivity contribution is -0.132. The minimum absolute atomic E-state index is 0.0528. The number of hydrogen-bond acceptors (Lipinski definition) is 9. The summed E-state index contributed by atoms with van der Waals surface area (Å²) in [5.41, 5.74) is 1.68. The molecule has 0 fully saturated rings. The van der Waals surface area contributed by atoms with Gasteiger partial charge in [-0.3, -0.25) is 9.59 Å². The Kier molecular flexibility index (Phi) is 14.5. The molecule has 0 aliphatic carbocycles. The monoisotopic (exact) mass is 658 g/mol. The minimum Gasteiger partial charge on any atom is -0.490 e. The van der Waals surface area contributed by atoms with Crippen LogP contribution in [0.1, 0.15) is 74.7 Å². The Morgan fingerprint density at radius 2 is 1.89 bits per heavy atom. The number of carbonyl (C=O) groups is 3. The number of hydrogen-bond donors (Lipinski definition) is 3. The van der Waals surface area contributed by atoms with Crippen LogP contribution < -0.4 is 15.4 Å². The molecular formula is C34H54N6O7. The van der Waals surface area contributed by atoms with Gasteiger partial charge in [0.05, 0.1) is 30.4 Å². The first kappa shape index (κ1) is 37.8. The fourth-order valence-electron chi connectivity index (χ4n) is 5.51. The van der Waals surface area contributed by atoms with E-state index in [1.807, 2.05) is 27.9 Å². The number of urea groups is 1. The Balaban J connectivity index is 1.88. The number of nitrogens with one attached hydrogen (secondary N) is 2. The Labute approximate surface area is 278 Å². The number of aromatic nitrogens is 1. The fraction of sp³-hybridized carbons (Fsp3) is 0.647. The molecule has 0 radical (unpaired) electrons. The molecule has 0 bridgehead atoms. The van der Waals surface area contributed by atoms with E-state index in [4.69, 9.17) is 14.0 Å². The van der Waals surface area contributed by atoms with Crippen molar-refractivity contribution in [2.75, 3.05) is 64.6 Å². The first-order valence-electron chi connectivity index (χ1n) is 16.5. The number of nitrogens with zero attached hydrogens (tertiary/aromatic N) is 4. The standard InChI is InChI=1S/C34H54N6O7/c1-22-19-40(23(2)21-41)33(43)28-18-27(35-34(44)36-32-25(4)37-47-26(32)5)14-15-29(28)46-24(3)12-9-10-17-45-30(22)20-39(8)31(42)13-11-16-38(6)7/h14-15,18,22-24,30,41H,9-13,16-17,19-21H2,1-8H3,(H2,35,36,44)/t22-,23-,24-,30-/m0/s1. The topological polar surface area (TPSA) is 150 Å². The molecule has 0 saturated heterocycles.